The minimum absolute atomic E-state index is 0.233. The van der Waals surface area contributed by atoms with E-state index in [1.54, 1.807) is 11.3 Å². The van der Waals surface area contributed by atoms with E-state index < -0.39 is 0 Å². The van der Waals surface area contributed by atoms with Crippen molar-refractivity contribution in [1.29, 1.82) is 0 Å². The number of halogens is 2. The zero-order valence-electron chi connectivity index (χ0n) is 10.8. The Balaban J connectivity index is 2.18. The van der Waals surface area contributed by atoms with Crippen LogP contribution in [-0.4, -0.2) is 16.7 Å². The molecule has 0 fully saturated rings. The van der Waals surface area contributed by atoms with E-state index in [-0.39, 0.29) is 6.04 Å². The molecular formula is C13H15BrClN3S. The quantitative estimate of drug-likeness (QED) is 0.841. The van der Waals surface area contributed by atoms with Crippen LogP contribution in [0.2, 0.25) is 5.02 Å². The molecule has 19 heavy (non-hydrogen) atoms. The van der Waals surface area contributed by atoms with Crippen molar-refractivity contribution in [3.05, 3.63) is 32.7 Å². The maximum Gasteiger partial charge on any atom is 0.147 e. The van der Waals surface area contributed by atoms with Gasteiger partial charge in [-0.15, -0.1) is 10.2 Å². The molecule has 6 heteroatoms. The van der Waals surface area contributed by atoms with Crippen LogP contribution in [0.5, 0.6) is 0 Å². The zero-order chi connectivity index (χ0) is 13.8. The number of rotatable bonds is 5. The first-order valence-corrected chi connectivity index (χ1v) is 8.12. The number of hydrogen-bond acceptors (Lipinski definition) is 4. The van der Waals surface area contributed by atoms with Crippen LogP contribution >= 0.6 is 38.9 Å². The summed E-state index contributed by atoms with van der Waals surface area (Å²) in [6.07, 6.45) is 1.11. The van der Waals surface area contributed by atoms with Gasteiger partial charge >= 0.3 is 0 Å². The highest BCUT2D eigenvalue weighted by Gasteiger charge is 2.13. The predicted molar refractivity (Wildman–Crippen MR) is 84.8 cm³/mol. The Morgan fingerprint density at radius 3 is 2.89 bits per heavy atom. The van der Waals surface area contributed by atoms with Crippen LogP contribution in [0, 0.1) is 0 Å². The van der Waals surface area contributed by atoms with Crippen molar-refractivity contribution >= 4 is 38.9 Å². The lowest BCUT2D eigenvalue weighted by molar-refractivity contribution is 0.564. The molecule has 0 saturated carbocycles. The highest BCUT2D eigenvalue weighted by Crippen LogP contribution is 2.31. The summed E-state index contributed by atoms with van der Waals surface area (Å²) in [6.45, 7) is 5.24. The van der Waals surface area contributed by atoms with Crippen molar-refractivity contribution in [3.63, 3.8) is 0 Å². The van der Waals surface area contributed by atoms with Crippen molar-refractivity contribution in [2.75, 3.05) is 6.54 Å². The normalized spacial score (nSPS) is 12.6. The van der Waals surface area contributed by atoms with Crippen LogP contribution in [0.4, 0.5) is 0 Å². The van der Waals surface area contributed by atoms with Gasteiger partial charge in [0.25, 0.3) is 0 Å². The highest BCUT2D eigenvalue weighted by atomic mass is 79.9. The number of aromatic nitrogens is 2. The lowest BCUT2D eigenvalue weighted by atomic mass is 10.2. The molecule has 2 aromatic rings. The van der Waals surface area contributed by atoms with Gasteiger partial charge in [0.1, 0.15) is 10.0 Å². The van der Waals surface area contributed by atoms with Gasteiger partial charge in [0.2, 0.25) is 0 Å². The van der Waals surface area contributed by atoms with Gasteiger partial charge in [-0.3, -0.25) is 0 Å². The minimum Gasteiger partial charge on any atom is -0.308 e. The van der Waals surface area contributed by atoms with E-state index >= 15 is 0 Å². The highest BCUT2D eigenvalue weighted by molar-refractivity contribution is 9.10. The van der Waals surface area contributed by atoms with Crippen LogP contribution in [0.3, 0.4) is 0 Å². The second kappa shape index (κ2) is 6.79. The number of benzene rings is 1. The molecule has 1 aromatic carbocycles. The monoisotopic (exact) mass is 359 g/mol. The van der Waals surface area contributed by atoms with Gasteiger partial charge in [0.15, 0.2) is 0 Å². The molecule has 0 amide bonds. The smallest absolute Gasteiger partial charge is 0.147 e. The molecule has 1 atom stereocenters. The van der Waals surface area contributed by atoms with Gasteiger partial charge in [0, 0.05) is 10.0 Å². The largest absolute Gasteiger partial charge is 0.308 e. The molecule has 0 bridgehead atoms. The van der Waals surface area contributed by atoms with Gasteiger partial charge < -0.3 is 5.32 Å². The topological polar surface area (TPSA) is 37.8 Å². The van der Waals surface area contributed by atoms with E-state index in [0.29, 0.717) is 5.02 Å². The van der Waals surface area contributed by atoms with Crippen LogP contribution in [0.25, 0.3) is 10.6 Å². The van der Waals surface area contributed by atoms with Crippen LogP contribution in [0.15, 0.2) is 22.7 Å². The van der Waals surface area contributed by atoms with Gasteiger partial charge in [-0.05, 0) is 48.0 Å². The Hall–Kier alpha value is -0.490. The average Bonchev–Trinajstić information content (AvgIpc) is 2.89. The number of hydrogen-bond donors (Lipinski definition) is 1. The third kappa shape index (κ3) is 3.75. The average molecular weight is 361 g/mol. The van der Waals surface area contributed by atoms with Crippen molar-refractivity contribution < 1.29 is 0 Å². The first-order chi connectivity index (χ1) is 9.11. The third-order valence-corrected chi connectivity index (χ3v) is 5.07. The molecule has 102 valence electrons. The molecule has 0 aliphatic carbocycles. The number of nitrogens with one attached hydrogen (secondary N) is 1. The maximum atomic E-state index is 6.10. The van der Waals surface area contributed by atoms with E-state index in [0.717, 1.165) is 33.0 Å². The summed E-state index contributed by atoms with van der Waals surface area (Å²) in [4.78, 5) is 0. The Morgan fingerprint density at radius 1 is 1.42 bits per heavy atom. The molecule has 0 spiro atoms. The minimum atomic E-state index is 0.233. The van der Waals surface area contributed by atoms with Crippen molar-refractivity contribution in [3.8, 4) is 10.6 Å². The molecule has 1 heterocycles. The molecule has 1 unspecified atom stereocenters. The van der Waals surface area contributed by atoms with E-state index in [1.807, 2.05) is 18.2 Å². The molecule has 1 N–H and O–H groups in total. The summed E-state index contributed by atoms with van der Waals surface area (Å²) in [5, 5.41) is 14.5. The molecule has 2 rings (SSSR count). The van der Waals surface area contributed by atoms with E-state index in [2.05, 4.69) is 45.3 Å². The standard InChI is InChI=1S/C13H15BrClN3S/c1-3-6-16-8(2)12-17-18-13(19-12)9-4-5-10(14)11(15)7-9/h4-5,7-8,16H,3,6H2,1-2H3. The van der Waals surface area contributed by atoms with Crippen molar-refractivity contribution in [2.45, 2.75) is 26.3 Å². The summed E-state index contributed by atoms with van der Waals surface area (Å²) >= 11 is 11.1. The Bertz CT molecular complexity index is 559. The molecule has 0 saturated heterocycles. The van der Waals surface area contributed by atoms with Gasteiger partial charge in [-0.25, -0.2) is 0 Å². The summed E-state index contributed by atoms with van der Waals surface area (Å²) in [7, 11) is 0. The van der Waals surface area contributed by atoms with E-state index in [1.165, 1.54) is 0 Å². The fraction of sp³-hybridized carbons (Fsp3) is 0.385. The molecule has 3 nitrogen and oxygen atoms in total. The molecule has 1 aromatic heterocycles. The van der Waals surface area contributed by atoms with Crippen LogP contribution in [0.1, 0.15) is 31.3 Å². The maximum absolute atomic E-state index is 6.10. The molecule has 0 aliphatic rings. The Labute approximate surface area is 130 Å². The Morgan fingerprint density at radius 2 is 2.21 bits per heavy atom. The lowest BCUT2D eigenvalue weighted by Crippen LogP contribution is -2.18. The second-order valence-electron chi connectivity index (χ2n) is 4.25. The number of nitrogens with zero attached hydrogens (tertiary/aromatic N) is 2. The Kier molecular flexibility index (Phi) is 5.33. The van der Waals surface area contributed by atoms with Crippen molar-refractivity contribution in [1.82, 2.24) is 15.5 Å². The van der Waals surface area contributed by atoms with Crippen molar-refractivity contribution in [2.24, 2.45) is 0 Å². The van der Waals surface area contributed by atoms with E-state index in [4.69, 9.17) is 11.6 Å². The summed E-state index contributed by atoms with van der Waals surface area (Å²) in [6, 6.07) is 6.05. The first-order valence-electron chi connectivity index (χ1n) is 6.14. The SMILES string of the molecule is CCCNC(C)c1nnc(-c2ccc(Br)c(Cl)c2)s1. The van der Waals surface area contributed by atoms with Crippen LogP contribution in [-0.2, 0) is 0 Å². The van der Waals surface area contributed by atoms with Gasteiger partial charge in [-0.1, -0.05) is 35.9 Å². The third-order valence-electron chi connectivity index (χ3n) is 2.68. The van der Waals surface area contributed by atoms with E-state index in [9.17, 15) is 0 Å². The predicted octanol–water partition coefficient (Wildman–Crippen LogP) is 4.68. The molecule has 0 aliphatic heterocycles. The summed E-state index contributed by atoms with van der Waals surface area (Å²) < 4.78 is 0.889. The first kappa shape index (κ1) is 14.9. The zero-order valence-corrected chi connectivity index (χ0v) is 13.9. The van der Waals surface area contributed by atoms with Gasteiger partial charge in [0.05, 0.1) is 11.1 Å². The molecular weight excluding hydrogens is 346 g/mol. The van der Waals surface area contributed by atoms with Gasteiger partial charge in [-0.2, -0.15) is 0 Å². The lowest BCUT2D eigenvalue weighted by Gasteiger charge is -2.08. The summed E-state index contributed by atoms with van der Waals surface area (Å²) in [5.74, 6) is 0. The fourth-order valence-corrected chi connectivity index (χ4v) is 2.90. The summed E-state index contributed by atoms with van der Waals surface area (Å²) in [5.41, 5.74) is 1.000. The fourth-order valence-electron chi connectivity index (χ4n) is 1.60. The molecule has 0 radical (unpaired) electrons. The second-order valence-corrected chi connectivity index (χ2v) is 6.52. The van der Waals surface area contributed by atoms with Crippen LogP contribution < -0.4 is 5.32 Å².